The first kappa shape index (κ1) is 28.2. The van der Waals surface area contributed by atoms with Crippen molar-refractivity contribution in [2.75, 3.05) is 26.3 Å². The summed E-state index contributed by atoms with van der Waals surface area (Å²) in [5.41, 5.74) is 1.83. The SMILES string of the molecule is NS(=O)(=O)c1ccccc1CCCCOCCCCCCNC[C@H](O)c1ccc(O)c(CO)c1. The third kappa shape index (κ3) is 10.1. The van der Waals surface area contributed by atoms with Crippen LogP contribution in [0.25, 0.3) is 0 Å². The van der Waals surface area contributed by atoms with Gasteiger partial charge in [-0.1, -0.05) is 37.1 Å². The highest BCUT2D eigenvalue weighted by molar-refractivity contribution is 7.89. The molecule has 0 amide bonds. The molecule has 2 aromatic carbocycles. The first-order valence-electron chi connectivity index (χ1n) is 11.8. The minimum atomic E-state index is -3.69. The molecular weight excluding hydrogens is 456 g/mol. The Labute approximate surface area is 202 Å². The Kier molecular flexibility index (Phi) is 12.5. The number of aliphatic hydroxyl groups excluding tert-OH is 2. The average Bonchev–Trinajstić information content (AvgIpc) is 2.81. The summed E-state index contributed by atoms with van der Waals surface area (Å²) in [6.45, 7) is 2.34. The summed E-state index contributed by atoms with van der Waals surface area (Å²) in [5.74, 6) is 0.0290. The van der Waals surface area contributed by atoms with E-state index in [1.165, 1.54) is 6.07 Å². The van der Waals surface area contributed by atoms with E-state index in [0.717, 1.165) is 50.6 Å². The summed E-state index contributed by atoms with van der Waals surface area (Å²) < 4.78 is 28.9. The number of phenols is 1. The number of aryl methyl sites for hydroxylation is 1. The van der Waals surface area contributed by atoms with Crippen LogP contribution in [0.4, 0.5) is 0 Å². The van der Waals surface area contributed by atoms with E-state index in [9.17, 15) is 23.7 Å². The van der Waals surface area contributed by atoms with Crippen molar-refractivity contribution >= 4 is 10.0 Å². The molecular formula is C25H38N2O6S. The molecule has 0 fully saturated rings. The van der Waals surface area contributed by atoms with E-state index in [1.54, 1.807) is 30.3 Å². The van der Waals surface area contributed by atoms with Gasteiger partial charge >= 0.3 is 0 Å². The fraction of sp³-hybridized carbons (Fsp3) is 0.520. The van der Waals surface area contributed by atoms with Gasteiger partial charge in [0.2, 0.25) is 10.0 Å². The zero-order valence-corrected chi connectivity index (χ0v) is 20.5. The molecule has 2 rings (SSSR count). The topological polar surface area (TPSA) is 142 Å². The zero-order chi connectivity index (χ0) is 24.8. The van der Waals surface area contributed by atoms with Crippen LogP contribution in [0.3, 0.4) is 0 Å². The van der Waals surface area contributed by atoms with Crippen molar-refractivity contribution in [3.63, 3.8) is 0 Å². The third-order valence-electron chi connectivity index (χ3n) is 5.65. The van der Waals surface area contributed by atoms with Gasteiger partial charge < -0.3 is 25.4 Å². The predicted molar refractivity (Wildman–Crippen MR) is 132 cm³/mol. The Balaban J connectivity index is 1.45. The molecule has 1 atom stereocenters. The van der Waals surface area contributed by atoms with Gasteiger partial charge in [-0.3, -0.25) is 0 Å². The van der Waals surface area contributed by atoms with Crippen LogP contribution in [0.2, 0.25) is 0 Å². The number of nitrogens with two attached hydrogens (primary N) is 1. The molecule has 0 aliphatic heterocycles. The maximum Gasteiger partial charge on any atom is 0.238 e. The molecule has 2 aromatic rings. The van der Waals surface area contributed by atoms with Gasteiger partial charge in [0, 0.05) is 25.3 Å². The van der Waals surface area contributed by atoms with Gasteiger partial charge in [0.05, 0.1) is 17.6 Å². The molecule has 0 aromatic heterocycles. The largest absolute Gasteiger partial charge is 0.508 e. The molecule has 6 N–H and O–H groups in total. The Morgan fingerprint density at radius 3 is 2.38 bits per heavy atom. The molecule has 0 radical (unpaired) electrons. The third-order valence-corrected chi connectivity index (χ3v) is 6.66. The molecule has 0 saturated heterocycles. The van der Waals surface area contributed by atoms with E-state index in [-0.39, 0.29) is 17.3 Å². The van der Waals surface area contributed by atoms with Gasteiger partial charge in [-0.2, -0.15) is 0 Å². The normalized spacial score (nSPS) is 12.7. The first-order chi connectivity index (χ1) is 16.3. The highest BCUT2D eigenvalue weighted by Gasteiger charge is 2.12. The molecule has 0 saturated carbocycles. The number of nitrogens with one attached hydrogen (secondary N) is 1. The number of sulfonamides is 1. The van der Waals surface area contributed by atoms with Gasteiger partial charge in [0.1, 0.15) is 5.75 Å². The quantitative estimate of drug-likeness (QED) is 0.213. The Morgan fingerprint density at radius 1 is 0.941 bits per heavy atom. The summed E-state index contributed by atoms with van der Waals surface area (Å²) in [5, 5.41) is 37.5. The fourth-order valence-electron chi connectivity index (χ4n) is 3.71. The van der Waals surface area contributed by atoms with Crippen LogP contribution in [0.5, 0.6) is 5.75 Å². The highest BCUT2D eigenvalue weighted by atomic mass is 32.2. The maximum atomic E-state index is 11.6. The lowest BCUT2D eigenvalue weighted by molar-refractivity contribution is 0.126. The van der Waals surface area contributed by atoms with Crippen LogP contribution >= 0.6 is 0 Å². The summed E-state index contributed by atoms with van der Waals surface area (Å²) in [4.78, 5) is 0.205. The Bertz CT molecular complexity index is 968. The number of unbranched alkanes of at least 4 members (excludes halogenated alkanes) is 4. The number of hydrogen-bond donors (Lipinski definition) is 5. The van der Waals surface area contributed by atoms with Gasteiger partial charge in [-0.15, -0.1) is 0 Å². The molecule has 34 heavy (non-hydrogen) atoms. The van der Waals surface area contributed by atoms with Crippen LogP contribution in [0, 0.1) is 0 Å². The highest BCUT2D eigenvalue weighted by Crippen LogP contribution is 2.22. The molecule has 0 aliphatic rings. The van der Waals surface area contributed by atoms with Crippen molar-refractivity contribution in [3.05, 3.63) is 59.2 Å². The summed E-state index contributed by atoms with van der Waals surface area (Å²) in [6.07, 6.45) is 5.83. The van der Waals surface area contributed by atoms with E-state index < -0.39 is 16.1 Å². The van der Waals surface area contributed by atoms with E-state index in [1.807, 2.05) is 6.07 Å². The van der Waals surface area contributed by atoms with Crippen LogP contribution < -0.4 is 10.5 Å². The van der Waals surface area contributed by atoms with E-state index in [2.05, 4.69) is 5.32 Å². The van der Waals surface area contributed by atoms with Crippen LogP contribution in [0.15, 0.2) is 47.4 Å². The summed E-state index contributed by atoms with van der Waals surface area (Å²) in [6, 6.07) is 11.6. The number of aliphatic hydroxyl groups is 2. The van der Waals surface area contributed by atoms with Crippen LogP contribution in [-0.2, 0) is 27.8 Å². The van der Waals surface area contributed by atoms with Crippen LogP contribution in [-0.4, -0.2) is 50.0 Å². The Morgan fingerprint density at radius 2 is 1.65 bits per heavy atom. The minimum absolute atomic E-state index is 0.0290. The molecule has 0 aliphatic carbocycles. The van der Waals surface area contributed by atoms with Crippen molar-refractivity contribution in [1.29, 1.82) is 0 Å². The van der Waals surface area contributed by atoms with Crippen LogP contribution in [0.1, 0.15) is 61.3 Å². The number of ether oxygens (including phenoxy) is 1. The number of rotatable bonds is 17. The Hall–Kier alpha value is -2.01. The lowest BCUT2D eigenvalue weighted by atomic mass is 10.1. The monoisotopic (exact) mass is 494 g/mol. The van der Waals surface area contributed by atoms with Gasteiger partial charge in [-0.05, 0) is 68.0 Å². The molecule has 0 heterocycles. The van der Waals surface area contributed by atoms with E-state index in [0.29, 0.717) is 37.3 Å². The maximum absolute atomic E-state index is 11.6. The number of aromatic hydroxyl groups is 1. The second-order valence-electron chi connectivity index (χ2n) is 8.40. The molecule has 0 spiro atoms. The molecule has 190 valence electrons. The molecule has 0 unspecified atom stereocenters. The van der Waals surface area contributed by atoms with Gasteiger partial charge in [0.15, 0.2) is 0 Å². The first-order valence-corrected chi connectivity index (χ1v) is 13.4. The van der Waals surface area contributed by atoms with Crippen molar-refractivity contribution in [2.24, 2.45) is 5.14 Å². The zero-order valence-electron chi connectivity index (χ0n) is 19.7. The summed E-state index contributed by atoms with van der Waals surface area (Å²) >= 11 is 0. The number of primary sulfonamides is 1. The van der Waals surface area contributed by atoms with Crippen molar-refractivity contribution < 1.29 is 28.5 Å². The smallest absolute Gasteiger partial charge is 0.238 e. The number of benzene rings is 2. The van der Waals surface area contributed by atoms with Crippen molar-refractivity contribution in [3.8, 4) is 5.75 Å². The summed E-state index contributed by atoms with van der Waals surface area (Å²) in [7, 11) is -3.69. The second kappa shape index (κ2) is 15.1. The second-order valence-corrected chi connectivity index (χ2v) is 9.93. The lowest BCUT2D eigenvalue weighted by Crippen LogP contribution is -2.22. The molecule has 0 bridgehead atoms. The standard InChI is InChI=1S/C25H38N2O6S/c26-34(31,32)25-11-4-3-9-20(25)10-5-8-16-33-15-7-2-1-6-14-27-18-24(30)21-12-13-23(29)22(17-21)19-28/h3-4,9,11-13,17,24,27-30H,1-2,5-8,10,14-16,18-19H2,(H2,26,31,32)/t24-/m0/s1. The minimum Gasteiger partial charge on any atom is -0.508 e. The number of hydrogen-bond acceptors (Lipinski definition) is 7. The molecule has 8 nitrogen and oxygen atoms in total. The molecule has 9 heteroatoms. The van der Waals surface area contributed by atoms with E-state index in [4.69, 9.17) is 9.88 Å². The van der Waals surface area contributed by atoms with Gasteiger partial charge in [0.25, 0.3) is 0 Å². The predicted octanol–water partition coefficient (Wildman–Crippen LogP) is 2.75. The van der Waals surface area contributed by atoms with Crippen molar-refractivity contribution in [1.82, 2.24) is 5.32 Å². The van der Waals surface area contributed by atoms with E-state index >= 15 is 0 Å². The fourth-order valence-corrected chi connectivity index (χ4v) is 4.52. The average molecular weight is 495 g/mol. The lowest BCUT2D eigenvalue weighted by Gasteiger charge is -2.14. The van der Waals surface area contributed by atoms with Crippen molar-refractivity contribution in [2.45, 2.75) is 62.6 Å². The van der Waals surface area contributed by atoms with Gasteiger partial charge in [-0.25, -0.2) is 13.6 Å².